The summed E-state index contributed by atoms with van der Waals surface area (Å²) in [5.74, 6) is -0.718. The predicted octanol–water partition coefficient (Wildman–Crippen LogP) is 3.51. The Morgan fingerprint density at radius 2 is 2.12 bits per heavy atom. The Balaban J connectivity index is 2.14. The number of carboxylic acid groups (broad SMARTS) is 1. The summed E-state index contributed by atoms with van der Waals surface area (Å²) in [5.41, 5.74) is 0. The number of aliphatic carboxylic acids is 1. The number of hydrogen-bond donors (Lipinski definition) is 1. The van der Waals surface area contributed by atoms with Crippen molar-refractivity contribution < 1.29 is 9.90 Å². The van der Waals surface area contributed by atoms with Gasteiger partial charge in [0.2, 0.25) is 0 Å². The van der Waals surface area contributed by atoms with Crippen LogP contribution in [0.3, 0.4) is 0 Å². The maximum Gasteiger partial charge on any atom is 0.305 e. The number of rotatable bonds is 4. The molecule has 5 heteroatoms. The van der Waals surface area contributed by atoms with Gasteiger partial charge in [0.05, 0.1) is 16.2 Å². The Morgan fingerprint density at radius 3 is 2.65 bits per heavy atom. The molecule has 3 nitrogen and oxygen atoms in total. The third-order valence-electron chi connectivity index (χ3n) is 3.12. The molecule has 1 aliphatic rings. The van der Waals surface area contributed by atoms with Crippen LogP contribution < -0.4 is 0 Å². The van der Waals surface area contributed by atoms with Crippen molar-refractivity contribution in [1.29, 1.82) is 0 Å². The van der Waals surface area contributed by atoms with Gasteiger partial charge in [-0.2, -0.15) is 0 Å². The minimum absolute atomic E-state index is 0.0455. The van der Waals surface area contributed by atoms with Gasteiger partial charge in [-0.15, -0.1) is 11.3 Å². The maximum atomic E-state index is 11.0. The van der Waals surface area contributed by atoms with Crippen molar-refractivity contribution in [3.63, 3.8) is 0 Å². The van der Waals surface area contributed by atoms with Crippen molar-refractivity contribution in [3.05, 3.63) is 20.8 Å². The van der Waals surface area contributed by atoms with Gasteiger partial charge in [0.15, 0.2) is 0 Å². The highest BCUT2D eigenvalue weighted by molar-refractivity contribution is 9.11. The molecule has 0 spiro atoms. The number of likely N-dealkylation sites (tertiary alicyclic amines) is 1. The van der Waals surface area contributed by atoms with Gasteiger partial charge < -0.3 is 5.11 Å². The highest BCUT2D eigenvalue weighted by Crippen LogP contribution is 2.34. The van der Waals surface area contributed by atoms with E-state index in [9.17, 15) is 4.79 Å². The van der Waals surface area contributed by atoms with E-state index in [0.717, 1.165) is 21.8 Å². The standard InChI is InChI=1S/C12H16BrNO2S/c13-11-5-4-10(17-11)9(8-12(15)16)14-6-2-1-3-7-14/h4-5,9H,1-3,6-8H2,(H,15,16). The van der Waals surface area contributed by atoms with E-state index in [-0.39, 0.29) is 12.5 Å². The fourth-order valence-corrected chi connectivity index (χ4v) is 3.87. The molecule has 1 aliphatic heterocycles. The molecule has 1 atom stereocenters. The number of hydrogen-bond acceptors (Lipinski definition) is 3. The van der Waals surface area contributed by atoms with E-state index >= 15 is 0 Å². The summed E-state index contributed by atoms with van der Waals surface area (Å²) < 4.78 is 1.07. The summed E-state index contributed by atoms with van der Waals surface area (Å²) in [5, 5.41) is 9.05. The van der Waals surface area contributed by atoms with Crippen LogP contribution in [0.25, 0.3) is 0 Å². The Morgan fingerprint density at radius 1 is 1.41 bits per heavy atom. The Hall–Kier alpha value is -0.390. The zero-order chi connectivity index (χ0) is 12.3. The SMILES string of the molecule is O=C(O)CC(c1ccc(Br)s1)N1CCCCC1. The van der Waals surface area contributed by atoms with Crippen LogP contribution in [0.15, 0.2) is 15.9 Å². The molecule has 0 aliphatic carbocycles. The van der Waals surface area contributed by atoms with Gasteiger partial charge >= 0.3 is 5.97 Å². The summed E-state index contributed by atoms with van der Waals surface area (Å²) in [7, 11) is 0. The molecule has 17 heavy (non-hydrogen) atoms. The molecule has 1 saturated heterocycles. The lowest BCUT2D eigenvalue weighted by Gasteiger charge is -2.33. The van der Waals surface area contributed by atoms with E-state index in [2.05, 4.69) is 20.8 Å². The molecule has 1 aromatic rings. The molecular weight excluding hydrogens is 302 g/mol. The molecule has 2 heterocycles. The average molecular weight is 318 g/mol. The first kappa shape index (κ1) is 13.1. The van der Waals surface area contributed by atoms with Gasteiger partial charge in [-0.05, 0) is 54.0 Å². The molecule has 1 aromatic heterocycles. The van der Waals surface area contributed by atoms with Crippen LogP contribution in [0.1, 0.15) is 36.6 Å². The number of carboxylic acids is 1. The fraction of sp³-hybridized carbons (Fsp3) is 0.583. The van der Waals surface area contributed by atoms with Crippen LogP contribution in [-0.4, -0.2) is 29.1 Å². The number of halogens is 1. The Labute approximate surface area is 114 Å². The molecule has 1 fully saturated rings. The fourth-order valence-electron chi connectivity index (χ4n) is 2.31. The van der Waals surface area contributed by atoms with Crippen molar-refractivity contribution in [3.8, 4) is 0 Å². The van der Waals surface area contributed by atoms with Gasteiger partial charge in [0.25, 0.3) is 0 Å². The molecule has 0 aromatic carbocycles. The monoisotopic (exact) mass is 317 g/mol. The number of piperidine rings is 1. The molecule has 0 radical (unpaired) electrons. The molecule has 94 valence electrons. The van der Waals surface area contributed by atoms with Crippen molar-refractivity contribution in [1.82, 2.24) is 4.90 Å². The number of carbonyl (C=O) groups is 1. The third kappa shape index (κ3) is 3.53. The molecule has 0 bridgehead atoms. The van der Waals surface area contributed by atoms with Crippen molar-refractivity contribution in [2.45, 2.75) is 31.7 Å². The van der Waals surface area contributed by atoms with Crippen LogP contribution in [0.4, 0.5) is 0 Å². The summed E-state index contributed by atoms with van der Waals surface area (Å²) >= 11 is 5.09. The van der Waals surface area contributed by atoms with E-state index < -0.39 is 5.97 Å². The largest absolute Gasteiger partial charge is 0.481 e. The number of thiophene rings is 1. The van der Waals surface area contributed by atoms with Gasteiger partial charge in [-0.25, -0.2) is 0 Å². The van der Waals surface area contributed by atoms with E-state index in [0.29, 0.717) is 0 Å². The zero-order valence-electron chi connectivity index (χ0n) is 9.56. The highest BCUT2D eigenvalue weighted by Gasteiger charge is 2.25. The van der Waals surface area contributed by atoms with Gasteiger partial charge in [0.1, 0.15) is 0 Å². The first-order valence-corrected chi connectivity index (χ1v) is 7.49. The summed E-state index contributed by atoms with van der Waals surface area (Å²) in [4.78, 5) is 14.5. The van der Waals surface area contributed by atoms with Gasteiger partial charge in [-0.1, -0.05) is 6.42 Å². The predicted molar refractivity (Wildman–Crippen MR) is 72.4 cm³/mol. The molecule has 0 amide bonds. The van der Waals surface area contributed by atoms with Crippen molar-refractivity contribution >= 4 is 33.2 Å². The zero-order valence-corrected chi connectivity index (χ0v) is 12.0. The first-order chi connectivity index (χ1) is 8.16. The summed E-state index contributed by atoms with van der Waals surface area (Å²) in [6, 6.07) is 4.08. The molecule has 1 N–H and O–H groups in total. The third-order valence-corrected chi connectivity index (χ3v) is 4.85. The van der Waals surface area contributed by atoms with Crippen LogP contribution >= 0.6 is 27.3 Å². The normalized spacial score (nSPS) is 19.1. The molecule has 0 saturated carbocycles. The minimum Gasteiger partial charge on any atom is -0.481 e. The second-order valence-corrected chi connectivity index (χ2v) is 6.85. The lowest BCUT2D eigenvalue weighted by molar-refractivity contribution is -0.138. The molecular formula is C12H16BrNO2S. The van der Waals surface area contributed by atoms with Crippen LogP contribution in [0.5, 0.6) is 0 Å². The topological polar surface area (TPSA) is 40.5 Å². The van der Waals surface area contributed by atoms with E-state index in [4.69, 9.17) is 5.11 Å². The number of nitrogens with zero attached hydrogens (tertiary/aromatic N) is 1. The Bertz CT molecular complexity index is 388. The maximum absolute atomic E-state index is 11.0. The molecule has 1 unspecified atom stereocenters. The molecule has 2 rings (SSSR count). The lowest BCUT2D eigenvalue weighted by Crippen LogP contribution is -2.34. The second kappa shape index (κ2) is 5.98. The smallest absolute Gasteiger partial charge is 0.305 e. The first-order valence-electron chi connectivity index (χ1n) is 5.88. The van der Waals surface area contributed by atoms with Crippen molar-refractivity contribution in [2.75, 3.05) is 13.1 Å². The van der Waals surface area contributed by atoms with Crippen LogP contribution in [0.2, 0.25) is 0 Å². The minimum atomic E-state index is -0.718. The lowest BCUT2D eigenvalue weighted by atomic mass is 10.0. The van der Waals surface area contributed by atoms with Crippen LogP contribution in [-0.2, 0) is 4.79 Å². The summed E-state index contributed by atoms with van der Waals surface area (Å²) in [6.45, 7) is 2.04. The average Bonchev–Trinajstić information content (AvgIpc) is 2.73. The van der Waals surface area contributed by atoms with E-state index in [1.165, 1.54) is 19.3 Å². The van der Waals surface area contributed by atoms with Crippen molar-refractivity contribution in [2.24, 2.45) is 0 Å². The van der Waals surface area contributed by atoms with E-state index in [1.54, 1.807) is 11.3 Å². The highest BCUT2D eigenvalue weighted by atomic mass is 79.9. The van der Waals surface area contributed by atoms with Crippen LogP contribution in [0, 0.1) is 0 Å². The quantitative estimate of drug-likeness (QED) is 0.923. The van der Waals surface area contributed by atoms with E-state index in [1.807, 2.05) is 12.1 Å². The Kier molecular flexibility index (Phi) is 4.59. The van der Waals surface area contributed by atoms with Gasteiger partial charge in [0, 0.05) is 4.88 Å². The van der Waals surface area contributed by atoms with Gasteiger partial charge in [-0.3, -0.25) is 9.69 Å². The summed E-state index contributed by atoms with van der Waals surface area (Å²) in [6.07, 6.45) is 3.84. The second-order valence-electron chi connectivity index (χ2n) is 4.35.